The van der Waals surface area contributed by atoms with Gasteiger partial charge >= 0.3 is 0 Å². The largest absolute Gasteiger partial charge is 0.453 e. The average molecular weight is 251 g/mol. The van der Waals surface area contributed by atoms with Crippen LogP contribution in [0.15, 0.2) is 41.0 Å². The van der Waals surface area contributed by atoms with Gasteiger partial charge in [-0.3, -0.25) is 11.3 Å². The minimum Gasteiger partial charge on any atom is -0.453 e. The Kier molecular flexibility index (Phi) is 3.84. The number of hydrogen-bond acceptors (Lipinski definition) is 3. The average Bonchev–Trinajstić information content (AvgIpc) is 2.75. The molecule has 1 heterocycles. The molecule has 1 aromatic carbocycles. The van der Waals surface area contributed by atoms with Crippen LogP contribution in [0.3, 0.4) is 0 Å². The first-order chi connectivity index (χ1) is 8.22. The zero-order valence-corrected chi connectivity index (χ0v) is 10.4. The number of halogens is 1. The number of nitrogens with one attached hydrogen (secondary N) is 1. The van der Waals surface area contributed by atoms with Gasteiger partial charge in [0.05, 0.1) is 12.3 Å². The molecule has 1 atom stereocenters. The zero-order chi connectivity index (χ0) is 12.3. The molecule has 2 rings (SSSR count). The molecule has 0 bridgehead atoms. The van der Waals surface area contributed by atoms with Gasteiger partial charge in [-0.1, -0.05) is 24.3 Å². The summed E-state index contributed by atoms with van der Waals surface area (Å²) in [5, 5.41) is 0.390. The van der Waals surface area contributed by atoms with E-state index in [0.29, 0.717) is 5.22 Å². The predicted molar refractivity (Wildman–Crippen MR) is 68.7 cm³/mol. The second-order valence-corrected chi connectivity index (χ2v) is 4.34. The molecule has 0 fully saturated rings. The maximum absolute atomic E-state index is 5.96. The molecular formula is C13H15ClN2O. The number of hydrazine groups is 1. The molecule has 90 valence electrons. The van der Waals surface area contributed by atoms with Crippen LogP contribution in [0, 0.1) is 6.92 Å². The first-order valence-electron chi connectivity index (χ1n) is 5.46. The fourth-order valence-electron chi connectivity index (χ4n) is 1.87. The van der Waals surface area contributed by atoms with E-state index in [1.54, 1.807) is 6.26 Å². The van der Waals surface area contributed by atoms with Gasteiger partial charge in [0, 0.05) is 5.56 Å². The van der Waals surface area contributed by atoms with E-state index in [1.807, 2.05) is 18.2 Å². The Labute approximate surface area is 106 Å². The highest BCUT2D eigenvalue weighted by molar-refractivity contribution is 6.29. The van der Waals surface area contributed by atoms with Gasteiger partial charge in [-0.15, -0.1) is 0 Å². The van der Waals surface area contributed by atoms with Gasteiger partial charge in [-0.05, 0) is 42.1 Å². The SMILES string of the molecule is Cc1ccccc1CC(NN)c1ccoc1Cl. The quantitative estimate of drug-likeness (QED) is 0.648. The van der Waals surface area contributed by atoms with Crippen LogP contribution in [0.2, 0.25) is 5.22 Å². The lowest BCUT2D eigenvalue weighted by molar-refractivity contribution is 0.526. The molecule has 17 heavy (non-hydrogen) atoms. The summed E-state index contributed by atoms with van der Waals surface area (Å²) in [6.07, 6.45) is 2.35. The van der Waals surface area contributed by atoms with Crippen LogP contribution in [-0.4, -0.2) is 0 Å². The molecule has 0 aliphatic heterocycles. The topological polar surface area (TPSA) is 51.2 Å². The van der Waals surface area contributed by atoms with E-state index in [4.69, 9.17) is 21.9 Å². The summed E-state index contributed by atoms with van der Waals surface area (Å²) < 4.78 is 5.09. The molecule has 0 radical (unpaired) electrons. The van der Waals surface area contributed by atoms with Crippen molar-refractivity contribution in [3.63, 3.8) is 0 Å². The Morgan fingerprint density at radius 3 is 2.71 bits per heavy atom. The standard InChI is InChI=1S/C13H15ClN2O/c1-9-4-2-3-5-10(9)8-12(16-15)11-6-7-17-13(11)14/h2-7,12,16H,8,15H2,1H3. The summed E-state index contributed by atoms with van der Waals surface area (Å²) in [4.78, 5) is 0. The molecule has 4 heteroatoms. The Balaban J connectivity index is 2.22. The van der Waals surface area contributed by atoms with Gasteiger partial charge in [0.25, 0.3) is 0 Å². The molecule has 0 aliphatic rings. The highest BCUT2D eigenvalue weighted by atomic mass is 35.5. The van der Waals surface area contributed by atoms with Crippen LogP contribution >= 0.6 is 11.6 Å². The molecule has 0 spiro atoms. The van der Waals surface area contributed by atoms with Crippen molar-refractivity contribution in [2.45, 2.75) is 19.4 Å². The lowest BCUT2D eigenvalue weighted by Gasteiger charge is -2.16. The number of nitrogens with two attached hydrogens (primary N) is 1. The van der Waals surface area contributed by atoms with Crippen LogP contribution in [0.5, 0.6) is 0 Å². The van der Waals surface area contributed by atoms with Gasteiger partial charge in [-0.2, -0.15) is 0 Å². The monoisotopic (exact) mass is 250 g/mol. The minimum atomic E-state index is -0.0395. The maximum atomic E-state index is 5.96. The molecule has 3 N–H and O–H groups in total. The van der Waals surface area contributed by atoms with Gasteiger partial charge in [0.1, 0.15) is 0 Å². The predicted octanol–water partition coefficient (Wildman–Crippen LogP) is 2.99. The Bertz CT molecular complexity index is 496. The van der Waals surface area contributed by atoms with Crippen LogP contribution in [0.4, 0.5) is 0 Å². The molecule has 1 unspecified atom stereocenters. The zero-order valence-electron chi connectivity index (χ0n) is 9.61. The van der Waals surface area contributed by atoms with Crippen molar-refractivity contribution in [3.8, 4) is 0 Å². The summed E-state index contributed by atoms with van der Waals surface area (Å²) in [7, 11) is 0. The molecule has 0 amide bonds. The number of furan rings is 1. The van der Waals surface area contributed by atoms with Gasteiger partial charge in [0.15, 0.2) is 5.22 Å². The molecule has 0 aliphatic carbocycles. The third-order valence-electron chi connectivity index (χ3n) is 2.91. The van der Waals surface area contributed by atoms with Crippen molar-refractivity contribution >= 4 is 11.6 Å². The summed E-state index contributed by atoms with van der Waals surface area (Å²) >= 11 is 5.96. The van der Waals surface area contributed by atoms with E-state index < -0.39 is 0 Å². The smallest absolute Gasteiger partial charge is 0.197 e. The van der Waals surface area contributed by atoms with E-state index in [-0.39, 0.29) is 6.04 Å². The number of benzene rings is 1. The summed E-state index contributed by atoms with van der Waals surface area (Å²) in [6.45, 7) is 2.08. The van der Waals surface area contributed by atoms with Crippen molar-refractivity contribution in [3.05, 3.63) is 58.5 Å². The van der Waals surface area contributed by atoms with Crippen molar-refractivity contribution in [2.24, 2.45) is 5.84 Å². The fourth-order valence-corrected chi connectivity index (χ4v) is 2.12. The molecule has 3 nitrogen and oxygen atoms in total. The van der Waals surface area contributed by atoms with E-state index in [9.17, 15) is 0 Å². The van der Waals surface area contributed by atoms with Crippen molar-refractivity contribution in [1.29, 1.82) is 0 Å². The highest BCUT2D eigenvalue weighted by Crippen LogP contribution is 2.26. The lowest BCUT2D eigenvalue weighted by atomic mass is 9.98. The third kappa shape index (κ3) is 2.69. The normalized spacial score (nSPS) is 12.6. The van der Waals surface area contributed by atoms with E-state index in [1.165, 1.54) is 11.1 Å². The van der Waals surface area contributed by atoms with Crippen LogP contribution < -0.4 is 11.3 Å². The summed E-state index contributed by atoms with van der Waals surface area (Å²) in [5.74, 6) is 5.58. The molecular weight excluding hydrogens is 236 g/mol. The highest BCUT2D eigenvalue weighted by Gasteiger charge is 2.16. The number of hydrogen-bond donors (Lipinski definition) is 2. The second-order valence-electron chi connectivity index (χ2n) is 4.00. The Hall–Kier alpha value is -1.29. The summed E-state index contributed by atoms with van der Waals surface area (Å²) in [5.41, 5.74) is 6.15. The number of aryl methyl sites for hydroxylation is 1. The van der Waals surface area contributed by atoms with E-state index in [0.717, 1.165) is 12.0 Å². The molecule has 1 aromatic heterocycles. The third-order valence-corrected chi connectivity index (χ3v) is 3.22. The van der Waals surface area contributed by atoms with Crippen molar-refractivity contribution < 1.29 is 4.42 Å². The first-order valence-corrected chi connectivity index (χ1v) is 5.83. The van der Waals surface area contributed by atoms with Crippen molar-refractivity contribution in [2.75, 3.05) is 0 Å². The molecule has 2 aromatic rings. The van der Waals surface area contributed by atoms with Gasteiger partial charge in [-0.25, -0.2) is 0 Å². The van der Waals surface area contributed by atoms with Crippen LogP contribution in [0.25, 0.3) is 0 Å². The second kappa shape index (κ2) is 5.36. The van der Waals surface area contributed by atoms with Crippen LogP contribution in [-0.2, 0) is 6.42 Å². The number of rotatable bonds is 4. The van der Waals surface area contributed by atoms with Gasteiger partial charge in [0.2, 0.25) is 0 Å². The Morgan fingerprint density at radius 1 is 1.35 bits per heavy atom. The van der Waals surface area contributed by atoms with Crippen molar-refractivity contribution in [1.82, 2.24) is 5.43 Å². The van der Waals surface area contributed by atoms with Crippen LogP contribution in [0.1, 0.15) is 22.7 Å². The first kappa shape index (κ1) is 12.2. The van der Waals surface area contributed by atoms with E-state index >= 15 is 0 Å². The van der Waals surface area contributed by atoms with E-state index in [2.05, 4.69) is 24.5 Å². The lowest BCUT2D eigenvalue weighted by Crippen LogP contribution is -2.29. The van der Waals surface area contributed by atoms with Gasteiger partial charge < -0.3 is 4.42 Å². The Morgan fingerprint density at radius 2 is 2.12 bits per heavy atom. The maximum Gasteiger partial charge on any atom is 0.197 e. The summed E-state index contributed by atoms with van der Waals surface area (Å²) in [6, 6.07) is 10.0. The fraction of sp³-hybridized carbons (Fsp3) is 0.231. The minimum absolute atomic E-state index is 0.0395. The molecule has 0 saturated carbocycles. The molecule has 0 saturated heterocycles.